The van der Waals surface area contributed by atoms with Crippen molar-refractivity contribution in [3.63, 3.8) is 0 Å². The summed E-state index contributed by atoms with van der Waals surface area (Å²) in [7, 11) is 0. The number of nitrogens with one attached hydrogen (secondary N) is 1. The highest BCUT2D eigenvalue weighted by Gasteiger charge is 2.18. The molecule has 0 unspecified atom stereocenters. The molecule has 0 radical (unpaired) electrons. The largest absolute Gasteiger partial charge is 0.393 e. The van der Waals surface area contributed by atoms with Crippen LogP contribution in [0.1, 0.15) is 18.4 Å². The van der Waals surface area contributed by atoms with Gasteiger partial charge >= 0.3 is 0 Å². The van der Waals surface area contributed by atoms with Gasteiger partial charge in [-0.3, -0.25) is 4.79 Å². The van der Waals surface area contributed by atoms with Crippen molar-refractivity contribution in [3.05, 3.63) is 78.6 Å². The average molecular weight is 400 g/mol. The molecule has 4 rings (SSSR count). The number of aliphatic hydroxyl groups excluding tert-OH is 1. The van der Waals surface area contributed by atoms with Crippen LogP contribution >= 0.6 is 0 Å². The maximum Gasteiger partial charge on any atom is 0.249 e. The number of anilines is 2. The molecule has 0 aliphatic carbocycles. The van der Waals surface area contributed by atoms with Gasteiger partial charge in [0.25, 0.3) is 0 Å². The number of piperidine rings is 1. The summed E-state index contributed by atoms with van der Waals surface area (Å²) >= 11 is 0. The maximum atomic E-state index is 12.2. The number of benzene rings is 1. The Kier molecular flexibility index (Phi) is 6.15. The van der Waals surface area contributed by atoms with Crippen LogP contribution in [-0.4, -0.2) is 40.2 Å². The molecular weight excluding hydrogens is 376 g/mol. The number of amides is 1. The molecular formula is C24H24N4O2. The van der Waals surface area contributed by atoms with E-state index in [0.29, 0.717) is 5.82 Å². The van der Waals surface area contributed by atoms with Gasteiger partial charge < -0.3 is 15.3 Å². The van der Waals surface area contributed by atoms with E-state index in [1.54, 1.807) is 18.5 Å². The molecule has 1 aliphatic rings. The minimum absolute atomic E-state index is 0.216. The van der Waals surface area contributed by atoms with Crippen molar-refractivity contribution in [2.75, 3.05) is 23.3 Å². The smallest absolute Gasteiger partial charge is 0.249 e. The van der Waals surface area contributed by atoms with Crippen molar-refractivity contribution in [3.8, 4) is 11.1 Å². The third-order valence-electron chi connectivity index (χ3n) is 5.11. The lowest BCUT2D eigenvalue weighted by atomic mass is 10.1. The second-order valence-electron chi connectivity index (χ2n) is 7.28. The first-order valence-corrected chi connectivity index (χ1v) is 10.1. The Balaban J connectivity index is 1.46. The molecule has 1 aromatic carbocycles. The number of nitrogens with zero attached hydrogens (tertiary/aromatic N) is 3. The zero-order valence-electron chi connectivity index (χ0n) is 16.6. The van der Waals surface area contributed by atoms with E-state index in [9.17, 15) is 9.90 Å². The van der Waals surface area contributed by atoms with E-state index < -0.39 is 0 Å². The van der Waals surface area contributed by atoms with Crippen LogP contribution in [0, 0.1) is 0 Å². The van der Waals surface area contributed by atoms with Crippen molar-refractivity contribution in [2.24, 2.45) is 0 Å². The zero-order valence-corrected chi connectivity index (χ0v) is 16.6. The summed E-state index contributed by atoms with van der Waals surface area (Å²) in [5, 5.41) is 12.5. The van der Waals surface area contributed by atoms with Crippen molar-refractivity contribution in [1.82, 2.24) is 9.97 Å². The summed E-state index contributed by atoms with van der Waals surface area (Å²) in [5.74, 6) is 1.16. The molecule has 6 nitrogen and oxygen atoms in total. The standard InChI is InChI=1S/C24H24N4O2/c29-21-10-14-28(15-11-21)23-17-20(9-13-26-23)19-8-12-25-22(16-19)27-24(30)7-6-18-4-2-1-3-5-18/h1-9,12-13,16-17,21,29H,10-11,14-15H2,(H,25,27,30)/b7-6+. The highest BCUT2D eigenvalue weighted by atomic mass is 16.3. The van der Waals surface area contributed by atoms with Crippen LogP contribution in [0.25, 0.3) is 17.2 Å². The first-order chi connectivity index (χ1) is 14.7. The molecule has 3 heterocycles. The summed E-state index contributed by atoms with van der Waals surface area (Å²) in [4.78, 5) is 23.2. The molecule has 30 heavy (non-hydrogen) atoms. The Labute approximate surface area is 175 Å². The fourth-order valence-electron chi connectivity index (χ4n) is 3.45. The summed E-state index contributed by atoms with van der Waals surface area (Å²) in [6.07, 6.45) is 8.04. The van der Waals surface area contributed by atoms with Gasteiger partial charge in [0, 0.05) is 31.6 Å². The van der Waals surface area contributed by atoms with E-state index in [0.717, 1.165) is 48.4 Å². The minimum Gasteiger partial charge on any atom is -0.393 e. The number of carbonyl (C=O) groups excluding carboxylic acids is 1. The van der Waals surface area contributed by atoms with Gasteiger partial charge in [-0.25, -0.2) is 9.97 Å². The number of rotatable bonds is 5. The number of aliphatic hydroxyl groups is 1. The molecule has 0 atom stereocenters. The van der Waals surface area contributed by atoms with Gasteiger partial charge in [-0.2, -0.15) is 0 Å². The maximum absolute atomic E-state index is 12.2. The first kappa shape index (κ1) is 19.8. The Bertz CT molecular complexity index is 1030. The number of pyridine rings is 2. The Morgan fingerprint density at radius 2 is 1.70 bits per heavy atom. The van der Waals surface area contributed by atoms with Crippen molar-refractivity contribution in [2.45, 2.75) is 18.9 Å². The lowest BCUT2D eigenvalue weighted by Gasteiger charge is -2.30. The third kappa shape index (κ3) is 5.10. The highest BCUT2D eigenvalue weighted by molar-refractivity contribution is 6.01. The number of hydrogen-bond donors (Lipinski definition) is 2. The van der Waals surface area contributed by atoms with E-state index in [-0.39, 0.29) is 12.0 Å². The van der Waals surface area contributed by atoms with Gasteiger partial charge in [0.05, 0.1) is 6.10 Å². The monoisotopic (exact) mass is 400 g/mol. The van der Waals surface area contributed by atoms with Gasteiger partial charge in [0.1, 0.15) is 11.6 Å². The second-order valence-corrected chi connectivity index (χ2v) is 7.28. The molecule has 0 bridgehead atoms. The SMILES string of the molecule is O=C(/C=C/c1ccccc1)Nc1cc(-c2ccnc(N3CCC(O)CC3)c2)ccn1. The Morgan fingerprint density at radius 1 is 1.00 bits per heavy atom. The summed E-state index contributed by atoms with van der Waals surface area (Å²) < 4.78 is 0. The van der Waals surface area contributed by atoms with Gasteiger partial charge in [0.2, 0.25) is 5.91 Å². The zero-order chi connectivity index (χ0) is 20.8. The van der Waals surface area contributed by atoms with Crippen LogP contribution in [0.15, 0.2) is 73.1 Å². The lowest BCUT2D eigenvalue weighted by molar-refractivity contribution is -0.111. The van der Waals surface area contributed by atoms with E-state index >= 15 is 0 Å². The van der Waals surface area contributed by atoms with Gasteiger partial charge in [-0.1, -0.05) is 30.3 Å². The Morgan fingerprint density at radius 3 is 2.47 bits per heavy atom. The third-order valence-corrected chi connectivity index (χ3v) is 5.11. The summed E-state index contributed by atoms with van der Waals surface area (Å²) in [6.45, 7) is 1.59. The quantitative estimate of drug-likeness (QED) is 0.638. The molecule has 2 aromatic heterocycles. The lowest BCUT2D eigenvalue weighted by Crippen LogP contribution is -2.36. The summed E-state index contributed by atoms with van der Waals surface area (Å²) in [6, 6.07) is 17.4. The fraction of sp³-hybridized carbons (Fsp3) is 0.208. The van der Waals surface area contributed by atoms with Crippen molar-refractivity contribution >= 4 is 23.6 Å². The average Bonchev–Trinajstić information content (AvgIpc) is 2.79. The van der Waals surface area contributed by atoms with Crippen LogP contribution in [0.4, 0.5) is 11.6 Å². The molecule has 0 spiro atoms. The predicted molar refractivity (Wildman–Crippen MR) is 119 cm³/mol. The van der Waals surface area contributed by atoms with Crippen LogP contribution in [0.2, 0.25) is 0 Å². The fourth-order valence-corrected chi connectivity index (χ4v) is 3.45. The molecule has 6 heteroatoms. The van der Waals surface area contributed by atoms with Crippen LogP contribution in [0.3, 0.4) is 0 Å². The van der Waals surface area contributed by atoms with E-state index in [4.69, 9.17) is 0 Å². The van der Waals surface area contributed by atoms with Crippen molar-refractivity contribution in [1.29, 1.82) is 0 Å². The minimum atomic E-state index is -0.231. The molecule has 1 aliphatic heterocycles. The number of carbonyl (C=O) groups is 1. The molecule has 1 saturated heterocycles. The van der Waals surface area contributed by atoms with E-state index in [1.807, 2.05) is 54.6 Å². The number of hydrogen-bond acceptors (Lipinski definition) is 5. The molecule has 152 valence electrons. The molecule has 2 N–H and O–H groups in total. The van der Waals surface area contributed by atoms with Crippen molar-refractivity contribution < 1.29 is 9.90 Å². The van der Waals surface area contributed by atoms with E-state index in [1.165, 1.54) is 6.08 Å². The molecule has 1 fully saturated rings. The second kappa shape index (κ2) is 9.33. The van der Waals surface area contributed by atoms with Gasteiger partial charge in [-0.05, 0) is 59.9 Å². The van der Waals surface area contributed by atoms with Crippen LogP contribution in [0.5, 0.6) is 0 Å². The molecule has 1 amide bonds. The van der Waals surface area contributed by atoms with E-state index in [2.05, 4.69) is 20.2 Å². The van der Waals surface area contributed by atoms with Gasteiger partial charge in [-0.15, -0.1) is 0 Å². The van der Waals surface area contributed by atoms with Crippen LogP contribution < -0.4 is 10.2 Å². The topological polar surface area (TPSA) is 78.4 Å². The molecule has 0 saturated carbocycles. The highest BCUT2D eigenvalue weighted by Crippen LogP contribution is 2.26. The van der Waals surface area contributed by atoms with Gasteiger partial charge in [0.15, 0.2) is 0 Å². The molecule has 3 aromatic rings. The number of aromatic nitrogens is 2. The normalized spacial score (nSPS) is 14.8. The van der Waals surface area contributed by atoms with Crippen LogP contribution in [-0.2, 0) is 4.79 Å². The Hall–Kier alpha value is -3.51. The summed E-state index contributed by atoms with van der Waals surface area (Å²) in [5.41, 5.74) is 2.92. The predicted octanol–water partition coefficient (Wildman–Crippen LogP) is 3.76. The first-order valence-electron chi connectivity index (χ1n) is 10.1.